The van der Waals surface area contributed by atoms with E-state index < -0.39 is 0 Å². The van der Waals surface area contributed by atoms with Gasteiger partial charge in [-0.25, -0.2) is 0 Å². The number of carbonyl (C=O) groups is 1. The number of Topliss-reactive ketones (excluding diaryl/α,β-unsaturated/α-hetero) is 1. The van der Waals surface area contributed by atoms with Crippen molar-refractivity contribution in [2.75, 3.05) is 26.2 Å². The lowest BCUT2D eigenvalue weighted by Crippen LogP contribution is -2.35. The molecular weight excluding hydrogens is 250 g/mol. The van der Waals surface area contributed by atoms with Crippen LogP contribution in [0.3, 0.4) is 0 Å². The second-order valence-corrected chi connectivity index (χ2v) is 5.68. The van der Waals surface area contributed by atoms with Crippen molar-refractivity contribution < 1.29 is 9.53 Å². The van der Waals surface area contributed by atoms with Crippen LogP contribution in [0.4, 0.5) is 0 Å². The van der Waals surface area contributed by atoms with E-state index in [9.17, 15) is 4.79 Å². The van der Waals surface area contributed by atoms with E-state index in [4.69, 9.17) is 4.74 Å². The number of carbonyl (C=O) groups excluding carboxylic acids is 1. The highest BCUT2D eigenvalue weighted by atomic mass is 16.5. The van der Waals surface area contributed by atoms with E-state index in [0.29, 0.717) is 13.0 Å². The van der Waals surface area contributed by atoms with Crippen LogP contribution in [0, 0.1) is 5.92 Å². The Morgan fingerprint density at radius 3 is 2.75 bits per heavy atom. The number of nitrogens with zero attached hydrogens (tertiary/aromatic N) is 1. The summed E-state index contributed by atoms with van der Waals surface area (Å²) in [5.74, 6) is 1.82. The molecule has 1 unspecified atom stereocenters. The summed E-state index contributed by atoms with van der Waals surface area (Å²) in [5.41, 5.74) is 0.790. The first-order valence-electron chi connectivity index (χ1n) is 7.67. The minimum Gasteiger partial charge on any atom is -0.494 e. The maximum atomic E-state index is 12.2. The Kier molecular flexibility index (Phi) is 5.60. The van der Waals surface area contributed by atoms with Crippen LogP contribution in [0.25, 0.3) is 0 Å². The van der Waals surface area contributed by atoms with E-state index in [1.165, 1.54) is 12.8 Å². The summed E-state index contributed by atoms with van der Waals surface area (Å²) in [6.07, 6.45) is 3.20. The topological polar surface area (TPSA) is 29.5 Å². The third-order valence-corrected chi connectivity index (χ3v) is 3.88. The van der Waals surface area contributed by atoms with Gasteiger partial charge in [-0.15, -0.1) is 0 Å². The normalized spacial score (nSPS) is 19.8. The van der Waals surface area contributed by atoms with Crippen molar-refractivity contribution in [1.82, 2.24) is 4.90 Å². The number of ether oxygens (including phenoxy) is 1. The molecule has 3 heteroatoms. The van der Waals surface area contributed by atoms with Gasteiger partial charge in [0.25, 0.3) is 0 Å². The summed E-state index contributed by atoms with van der Waals surface area (Å²) in [6, 6.07) is 7.48. The van der Waals surface area contributed by atoms with Gasteiger partial charge in [-0.2, -0.15) is 0 Å². The van der Waals surface area contributed by atoms with E-state index in [1.807, 2.05) is 31.2 Å². The molecule has 1 aliphatic heterocycles. The number of piperidine rings is 1. The first-order valence-corrected chi connectivity index (χ1v) is 7.67. The summed E-state index contributed by atoms with van der Waals surface area (Å²) in [6.45, 7) is 8.06. The number of ketones is 1. The second-order valence-electron chi connectivity index (χ2n) is 5.68. The van der Waals surface area contributed by atoms with Crippen LogP contribution in [-0.4, -0.2) is 36.9 Å². The fourth-order valence-corrected chi connectivity index (χ4v) is 2.80. The highest BCUT2D eigenvalue weighted by molar-refractivity contribution is 5.96. The van der Waals surface area contributed by atoms with Gasteiger partial charge in [0.2, 0.25) is 0 Å². The Morgan fingerprint density at radius 1 is 1.35 bits per heavy atom. The monoisotopic (exact) mass is 275 g/mol. The first kappa shape index (κ1) is 15.0. The average Bonchev–Trinajstić information content (AvgIpc) is 2.46. The lowest BCUT2D eigenvalue weighted by Gasteiger charge is -2.30. The van der Waals surface area contributed by atoms with Crippen molar-refractivity contribution in [3.63, 3.8) is 0 Å². The lowest BCUT2D eigenvalue weighted by atomic mass is 9.99. The van der Waals surface area contributed by atoms with Crippen molar-refractivity contribution in [1.29, 1.82) is 0 Å². The number of likely N-dealkylation sites (tertiary alicyclic amines) is 1. The molecule has 0 bridgehead atoms. The molecule has 1 aromatic rings. The van der Waals surface area contributed by atoms with Crippen LogP contribution in [0.1, 0.15) is 43.5 Å². The number of hydrogen-bond donors (Lipinski definition) is 0. The molecule has 1 aromatic carbocycles. The van der Waals surface area contributed by atoms with Crippen LogP contribution in [0.15, 0.2) is 24.3 Å². The Labute approximate surface area is 121 Å². The predicted octanol–water partition coefficient (Wildman–Crippen LogP) is 3.39. The molecule has 0 aromatic heterocycles. The average molecular weight is 275 g/mol. The molecule has 0 amide bonds. The van der Waals surface area contributed by atoms with Crippen LogP contribution in [-0.2, 0) is 0 Å². The lowest BCUT2D eigenvalue weighted by molar-refractivity contribution is 0.0949. The Morgan fingerprint density at radius 2 is 2.10 bits per heavy atom. The van der Waals surface area contributed by atoms with Gasteiger partial charge >= 0.3 is 0 Å². The molecule has 1 atom stereocenters. The van der Waals surface area contributed by atoms with Gasteiger partial charge in [0.15, 0.2) is 5.78 Å². The van der Waals surface area contributed by atoms with E-state index in [2.05, 4.69) is 11.8 Å². The first-order chi connectivity index (χ1) is 9.69. The van der Waals surface area contributed by atoms with Gasteiger partial charge < -0.3 is 9.64 Å². The Balaban J connectivity index is 1.82. The molecule has 3 nitrogen and oxygen atoms in total. The third-order valence-electron chi connectivity index (χ3n) is 3.88. The molecule has 1 fully saturated rings. The minimum atomic E-state index is 0.228. The molecule has 0 N–H and O–H groups in total. The molecular formula is C17H25NO2. The minimum absolute atomic E-state index is 0.228. The molecule has 20 heavy (non-hydrogen) atoms. The number of hydrogen-bond acceptors (Lipinski definition) is 3. The van der Waals surface area contributed by atoms with Crippen LogP contribution >= 0.6 is 0 Å². The highest BCUT2D eigenvalue weighted by Crippen LogP contribution is 2.17. The Hall–Kier alpha value is -1.35. The molecule has 0 radical (unpaired) electrons. The van der Waals surface area contributed by atoms with Gasteiger partial charge in [0, 0.05) is 25.1 Å². The van der Waals surface area contributed by atoms with Crippen molar-refractivity contribution in [3.05, 3.63) is 29.8 Å². The largest absolute Gasteiger partial charge is 0.494 e. The Bertz CT molecular complexity index is 427. The second kappa shape index (κ2) is 7.44. The summed E-state index contributed by atoms with van der Waals surface area (Å²) in [7, 11) is 0. The van der Waals surface area contributed by atoms with Crippen LogP contribution in [0.5, 0.6) is 5.75 Å². The zero-order valence-electron chi connectivity index (χ0n) is 12.6. The molecule has 0 saturated carbocycles. The quantitative estimate of drug-likeness (QED) is 0.745. The molecule has 110 valence electrons. The maximum Gasteiger partial charge on any atom is 0.164 e. The maximum absolute atomic E-state index is 12.2. The fraction of sp³-hybridized carbons (Fsp3) is 0.588. The number of benzene rings is 1. The summed E-state index contributed by atoms with van der Waals surface area (Å²) < 4.78 is 5.39. The SMILES string of the molecule is CCOc1ccc(C(=O)CCN2CCCC(C)C2)cc1. The van der Waals surface area contributed by atoms with Crippen LogP contribution in [0.2, 0.25) is 0 Å². The molecule has 1 aliphatic rings. The fourth-order valence-electron chi connectivity index (χ4n) is 2.80. The van der Waals surface area contributed by atoms with Gasteiger partial charge in [-0.05, 0) is 56.5 Å². The standard InChI is InChI=1S/C17H25NO2/c1-3-20-16-8-6-15(7-9-16)17(19)10-12-18-11-4-5-14(2)13-18/h6-9,14H,3-5,10-13H2,1-2H3. The summed E-state index contributed by atoms with van der Waals surface area (Å²) >= 11 is 0. The summed E-state index contributed by atoms with van der Waals surface area (Å²) in [4.78, 5) is 14.6. The van der Waals surface area contributed by atoms with Gasteiger partial charge in [-0.1, -0.05) is 6.92 Å². The summed E-state index contributed by atoms with van der Waals surface area (Å²) in [5, 5.41) is 0. The van der Waals surface area contributed by atoms with Gasteiger partial charge in [0.05, 0.1) is 6.61 Å². The zero-order chi connectivity index (χ0) is 14.4. The molecule has 1 heterocycles. The zero-order valence-corrected chi connectivity index (χ0v) is 12.6. The highest BCUT2D eigenvalue weighted by Gasteiger charge is 2.17. The van der Waals surface area contributed by atoms with E-state index in [1.54, 1.807) is 0 Å². The van der Waals surface area contributed by atoms with E-state index >= 15 is 0 Å². The predicted molar refractivity (Wildman–Crippen MR) is 81.4 cm³/mol. The van der Waals surface area contributed by atoms with Crippen molar-refractivity contribution in [2.45, 2.75) is 33.1 Å². The number of rotatable bonds is 6. The molecule has 2 rings (SSSR count). The van der Waals surface area contributed by atoms with Gasteiger partial charge in [-0.3, -0.25) is 4.79 Å². The molecule has 0 aliphatic carbocycles. The smallest absolute Gasteiger partial charge is 0.164 e. The van der Waals surface area contributed by atoms with Crippen molar-refractivity contribution in [2.24, 2.45) is 5.92 Å². The molecule has 1 saturated heterocycles. The van der Waals surface area contributed by atoms with Crippen molar-refractivity contribution >= 4 is 5.78 Å². The third kappa shape index (κ3) is 4.34. The van der Waals surface area contributed by atoms with Crippen molar-refractivity contribution in [3.8, 4) is 5.75 Å². The van der Waals surface area contributed by atoms with Crippen LogP contribution < -0.4 is 4.74 Å². The van der Waals surface area contributed by atoms with Gasteiger partial charge in [0.1, 0.15) is 5.75 Å². The van der Waals surface area contributed by atoms with E-state index in [0.717, 1.165) is 36.9 Å². The van der Waals surface area contributed by atoms with E-state index in [-0.39, 0.29) is 5.78 Å². The molecule has 0 spiro atoms.